The van der Waals surface area contributed by atoms with Crippen LogP contribution in [0.25, 0.3) is 0 Å². The predicted molar refractivity (Wildman–Crippen MR) is 140 cm³/mol. The Morgan fingerprint density at radius 1 is 1.05 bits per heavy atom. The summed E-state index contributed by atoms with van der Waals surface area (Å²) in [6.07, 6.45) is 5.48. The van der Waals surface area contributed by atoms with Gasteiger partial charge in [-0.05, 0) is 49.7 Å². The van der Waals surface area contributed by atoms with Gasteiger partial charge in [-0.25, -0.2) is 4.79 Å². The van der Waals surface area contributed by atoms with Gasteiger partial charge < -0.3 is 25.2 Å². The summed E-state index contributed by atoms with van der Waals surface area (Å²) in [4.78, 5) is 66.7. The summed E-state index contributed by atoms with van der Waals surface area (Å²) in [6.45, 7) is 0.831. The first-order valence-corrected chi connectivity index (χ1v) is 14.0. The first-order valence-electron chi connectivity index (χ1n) is 12.6. The van der Waals surface area contributed by atoms with Crippen LogP contribution in [0.2, 0.25) is 0 Å². The molecule has 2 aliphatic heterocycles. The Morgan fingerprint density at radius 3 is 2.38 bits per heavy atom. The number of nitrogens with one attached hydrogen (secondary N) is 2. The van der Waals surface area contributed by atoms with Crippen molar-refractivity contribution in [1.29, 1.82) is 0 Å². The topological polar surface area (TPSA) is 125 Å². The van der Waals surface area contributed by atoms with E-state index >= 15 is 0 Å². The molecule has 0 radical (unpaired) electrons. The van der Waals surface area contributed by atoms with Crippen LogP contribution in [0.1, 0.15) is 37.7 Å². The molecule has 0 spiro atoms. The van der Waals surface area contributed by atoms with Crippen molar-refractivity contribution in [3.63, 3.8) is 0 Å². The number of rotatable bonds is 12. The third kappa shape index (κ3) is 7.24. The number of ether oxygens (including phenoxy) is 1. The van der Waals surface area contributed by atoms with Crippen LogP contribution in [0.5, 0.6) is 0 Å². The molecule has 3 rings (SSSR count). The molecule has 2 heterocycles. The van der Waals surface area contributed by atoms with E-state index in [1.165, 1.54) is 12.0 Å². The normalized spacial score (nSPS) is 20.7. The lowest BCUT2D eigenvalue weighted by Gasteiger charge is -2.33. The van der Waals surface area contributed by atoms with E-state index in [4.69, 9.17) is 4.74 Å². The molecule has 0 bridgehead atoms. The third-order valence-corrected chi connectivity index (χ3v) is 7.57. The number of likely N-dealkylation sites (tertiary alicyclic amines) is 2. The molecule has 1 aromatic carbocycles. The van der Waals surface area contributed by atoms with Crippen molar-refractivity contribution in [2.24, 2.45) is 0 Å². The van der Waals surface area contributed by atoms with E-state index in [1.54, 1.807) is 16.7 Å². The second-order valence-corrected chi connectivity index (χ2v) is 10.3. The van der Waals surface area contributed by atoms with Gasteiger partial charge in [0.1, 0.15) is 24.2 Å². The number of carbonyl (C=O) groups excluding carboxylic acids is 5. The molecule has 2 saturated heterocycles. The highest BCUT2D eigenvalue weighted by atomic mass is 32.2. The lowest BCUT2D eigenvalue weighted by atomic mass is 10.0. The number of methoxy groups -OCH3 is 1. The molecular formula is C26H36N4O6S. The van der Waals surface area contributed by atoms with Crippen LogP contribution < -0.4 is 10.6 Å². The number of carbonyl (C=O) groups is 5. The van der Waals surface area contributed by atoms with Gasteiger partial charge in [0.15, 0.2) is 0 Å². The largest absolute Gasteiger partial charge is 0.467 e. The van der Waals surface area contributed by atoms with Crippen molar-refractivity contribution in [1.82, 2.24) is 20.4 Å². The SMILES string of the molecule is COC(=O)[C@H](Cc1ccccc1)NC(=O)[C@@H]1CCCN1C(=O)[C@@H]1CCCN1C(=O)[C@H](CCSC)NC=O. The van der Waals surface area contributed by atoms with Crippen molar-refractivity contribution >= 4 is 41.9 Å². The smallest absolute Gasteiger partial charge is 0.328 e. The maximum atomic E-state index is 13.6. The van der Waals surface area contributed by atoms with Crippen LogP contribution in [0.4, 0.5) is 0 Å². The minimum absolute atomic E-state index is 0.268. The molecule has 0 aromatic heterocycles. The summed E-state index contributed by atoms with van der Waals surface area (Å²) >= 11 is 1.58. The molecule has 2 fully saturated rings. The van der Waals surface area contributed by atoms with Gasteiger partial charge >= 0.3 is 5.97 Å². The Morgan fingerprint density at radius 2 is 1.73 bits per heavy atom. The molecule has 4 amide bonds. The summed E-state index contributed by atoms with van der Waals surface area (Å²) in [5.41, 5.74) is 0.873. The number of hydrogen-bond donors (Lipinski definition) is 2. The van der Waals surface area contributed by atoms with E-state index in [2.05, 4.69) is 10.6 Å². The van der Waals surface area contributed by atoms with E-state index in [9.17, 15) is 24.0 Å². The van der Waals surface area contributed by atoms with Crippen LogP contribution in [0.15, 0.2) is 30.3 Å². The minimum Gasteiger partial charge on any atom is -0.467 e. The van der Waals surface area contributed by atoms with Gasteiger partial charge in [-0.2, -0.15) is 11.8 Å². The number of esters is 1. The van der Waals surface area contributed by atoms with Crippen LogP contribution in [-0.2, 0) is 35.1 Å². The van der Waals surface area contributed by atoms with E-state index in [0.29, 0.717) is 57.4 Å². The van der Waals surface area contributed by atoms with Crippen molar-refractivity contribution in [3.8, 4) is 0 Å². The van der Waals surface area contributed by atoms with Crippen LogP contribution in [0.3, 0.4) is 0 Å². The zero-order valence-electron chi connectivity index (χ0n) is 21.4. The number of thioether (sulfide) groups is 1. The molecule has 0 saturated carbocycles. The summed E-state index contributed by atoms with van der Waals surface area (Å²) in [6, 6.07) is 6.34. The molecule has 202 valence electrons. The number of hydrogen-bond acceptors (Lipinski definition) is 7. The third-order valence-electron chi connectivity index (χ3n) is 6.92. The fourth-order valence-corrected chi connectivity index (χ4v) is 5.50. The Hall–Kier alpha value is -3.08. The molecule has 2 aliphatic rings. The highest BCUT2D eigenvalue weighted by Crippen LogP contribution is 2.26. The van der Waals surface area contributed by atoms with Gasteiger partial charge in [-0.3, -0.25) is 19.2 Å². The highest BCUT2D eigenvalue weighted by molar-refractivity contribution is 7.98. The Labute approximate surface area is 221 Å². The van der Waals surface area contributed by atoms with E-state index in [1.807, 2.05) is 36.6 Å². The molecular weight excluding hydrogens is 496 g/mol. The second kappa shape index (κ2) is 14.0. The van der Waals surface area contributed by atoms with Gasteiger partial charge in [-0.15, -0.1) is 0 Å². The lowest BCUT2D eigenvalue weighted by molar-refractivity contribution is -0.149. The van der Waals surface area contributed by atoms with Gasteiger partial charge in [0.25, 0.3) is 0 Å². The molecule has 1 aromatic rings. The maximum absolute atomic E-state index is 13.6. The minimum atomic E-state index is -0.881. The summed E-state index contributed by atoms with van der Waals surface area (Å²) in [5, 5.41) is 5.38. The number of nitrogens with zero attached hydrogens (tertiary/aromatic N) is 2. The van der Waals surface area contributed by atoms with E-state index < -0.39 is 36.0 Å². The number of benzene rings is 1. The molecule has 4 atom stereocenters. The lowest BCUT2D eigenvalue weighted by Crippen LogP contribution is -2.57. The van der Waals surface area contributed by atoms with Crippen LogP contribution in [-0.4, -0.2) is 96.3 Å². The summed E-state index contributed by atoms with van der Waals surface area (Å²) in [5.74, 6) is -0.808. The predicted octanol–water partition coefficient (Wildman–Crippen LogP) is 0.737. The molecule has 37 heavy (non-hydrogen) atoms. The Kier molecular flexibility index (Phi) is 10.8. The Balaban J connectivity index is 1.70. The maximum Gasteiger partial charge on any atom is 0.328 e. The fraction of sp³-hybridized carbons (Fsp3) is 0.577. The first-order chi connectivity index (χ1) is 17.9. The van der Waals surface area contributed by atoms with Gasteiger partial charge in [-0.1, -0.05) is 30.3 Å². The van der Waals surface area contributed by atoms with Crippen LogP contribution in [0, 0.1) is 0 Å². The Bertz CT molecular complexity index is 962. The molecule has 2 N–H and O–H groups in total. The van der Waals surface area contributed by atoms with Gasteiger partial charge in [0.2, 0.25) is 24.1 Å². The van der Waals surface area contributed by atoms with Crippen molar-refractivity contribution in [2.75, 3.05) is 32.2 Å². The summed E-state index contributed by atoms with van der Waals surface area (Å²) in [7, 11) is 1.27. The standard InChI is InChI=1S/C26H36N4O6S/c1-36-26(35)20(16-18-8-4-3-5-9-18)28-23(32)21-10-6-13-29(21)25(34)22-11-7-14-30(22)24(33)19(27-17-31)12-15-37-2/h3-5,8-9,17,19-22H,6-7,10-16H2,1-2H3,(H,27,31)(H,28,32)/t19-,20-,21-,22-/m0/s1. The monoisotopic (exact) mass is 532 g/mol. The highest BCUT2D eigenvalue weighted by Gasteiger charge is 2.43. The zero-order chi connectivity index (χ0) is 26.8. The van der Waals surface area contributed by atoms with Crippen molar-refractivity contribution < 1.29 is 28.7 Å². The fourth-order valence-electron chi connectivity index (χ4n) is 5.03. The van der Waals surface area contributed by atoms with Crippen molar-refractivity contribution in [2.45, 2.75) is 62.7 Å². The average molecular weight is 533 g/mol. The van der Waals surface area contributed by atoms with Crippen LogP contribution >= 0.6 is 11.8 Å². The van der Waals surface area contributed by atoms with Gasteiger partial charge in [0, 0.05) is 19.5 Å². The zero-order valence-corrected chi connectivity index (χ0v) is 22.2. The van der Waals surface area contributed by atoms with E-state index in [0.717, 1.165) is 5.56 Å². The quantitative estimate of drug-likeness (QED) is 0.300. The molecule has 0 aliphatic carbocycles. The van der Waals surface area contributed by atoms with Crippen molar-refractivity contribution in [3.05, 3.63) is 35.9 Å². The average Bonchev–Trinajstić information content (AvgIpc) is 3.60. The van der Waals surface area contributed by atoms with Gasteiger partial charge in [0.05, 0.1) is 7.11 Å². The molecule has 0 unspecified atom stereocenters. The van der Waals surface area contributed by atoms with E-state index in [-0.39, 0.29) is 18.2 Å². The first kappa shape index (κ1) is 28.5. The molecule has 10 nitrogen and oxygen atoms in total. The number of amides is 4. The second-order valence-electron chi connectivity index (χ2n) is 9.27. The molecule has 11 heteroatoms. The summed E-state index contributed by atoms with van der Waals surface area (Å²) < 4.78 is 4.90.